The maximum Gasteiger partial charge on any atom is 0.164 e. The van der Waals surface area contributed by atoms with Crippen molar-refractivity contribution in [3.8, 4) is 62.1 Å². The highest BCUT2D eigenvalue weighted by Crippen LogP contribution is 2.40. The second-order valence-electron chi connectivity index (χ2n) is 16.0. The fourth-order valence-electron chi connectivity index (χ4n) is 9.29. The third-order valence-electron chi connectivity index (χ3n) is 12.3. The summed E-state index contributed by atoms with van der Waals surface area (Å²) in [6.45, 7) is 0. The number of fused-ring (bicyclic) bond motifs is 9. The Kier molecular flexibility index (Phi) is 7.80. The molecule has 13 rings (SSSR count). The van der Waals surface area contributed by atoms with Gasteiger partial charge in [0.25, 0.3) is 0 Å². The van der Waals surface area contributed by atoms with Gasteiger partial charge in [0.1, 0.15) is 22.3 Å². The Bertz CT molecular complexity index is 3870. The van der Waals surface area contributed by atoms with E-state index in [9.17, 15) is 0 Å². The van der Waals surface area contributed by atoms with Crippen LogP contribution in [0.5, 0.6) is 0 Å². The summed E-state index contributed by atoms with van der Waals surface area (Å²) in [6.07, 6.45) is 0. The molecule has 6 heteroatoms. The van der Waals surface area contributed by atoms with E-state index in [-0.39, 0.29) is 0 Å². The first-order valence-electron chi connectivity index (χ1n) is 21.1. The van der Waals surface area contributed by atoms with Crippen molar-refractivity contribution < 1.29 is 8.83 Å². The highest BCUT2D eigenvalue weighted by molar-refractivity contribution is 6.14. The van der Waals surface area contributed by atoms with Crippen LogP contribution in [-0.4, -0.2) is 19.5 Å². The smallest absolute Gasteiger partial charge is 0.164 e. The predicted octanol–water partition coefficient (Wildman–Crippen LogP) is 15.1. The summed E-state index contributed by atoms with van der Waals surface area (Å²) in [4.78, 5) is 15.5. The third kappa shape index (κ3) is 5.76. The van der Waals surface area contributed by atoms with E-state index in [0.717, 1.165) is 88.4 Å². The minimum atomic E-state index is 0.551. The molecule has 0 bridgehead atoms. The minimum Gasteiger partial charge on any atom is -0.456 e. The van der Waals surface area contributed by atoms with Crippen molar-refractivity contribution in [3.63, 3.8) is 0 Å². The molecule has 0 N–H and O–H groups in total. The van der Waals surface area contributed by atoms with E-state index in [1.807, 2.05) is 54.6 Å². The van der Waals surface area contributed by atoms with E-state index in [1.54, 1.807) is 0 Å². The lowest BCUT2D eigenvalue weighted by atomic mass is 9.98. The fraction of sp³-hybridized carbons (Fsp3) is 0. The van der Waals surface area contributed by atoms with Gasteiger partial charge in [-0.2, -0.15) is 0 Å². The Hall–Kier alpha value is -8.61. The number of hydrogen-bond acceptors (Lipinski definition) is 5. The lowest BCUT2D eigenvalue weighted by Gasteiger charge is -2.10. The van der Waals surface area contributed by atoms with Crippen LogP contribution in [0.4, 0.5) is 0 Å². The number of aromatic nitrogens is 4. The molecule has 0 amide bonds. The van der Waals surface area contributed by atoms with Crippen LogP contribution in [0.1, 0.15) is 0 Å². The minimum absolute atomic E-state index is 0.551. The van der Waals surface area contributed by atoms with Gasteiger partial charge in [-0.1, -0.05) is 140 Å². The standard InChI is InChI=1S/C57H34N4O2/c1-3-13-35(14-4-1)37-17-11-18-38(31-37)39-26-29-50-46(32-39)44-28-25-40(33-53(44)63-50)56-58-55(36-15-5-2-6-16-36)59-57(60-56)45-21-12-24-52-54(45)47-34-41(27-30-51(47)62-52)61-48-22-9-7-19-42(48)43-20-8-10-23-49(43)61/h1-34H. The molecule has 4 heterocycles. The first-order chi connectivity index (χ1) is 31.2. The van der Waals surface area contributed by atoms with Crippen molar-refractivity contribution in [2.45, 2.75) is 0 Å². The maximum atomic E-state index is 6.54. The summed E-state index contributed by atoms with van der Waals surface area (Å²) in [5, 5.41) is 6.45. The SMILES string of the molecule is c1ccc(-c2cccc(-c3ccc4oc5cc(-c6nc(-c7ccccc7)nc(-c7cccc8oc9ccc(-n%10c%11ccccc%11c%11ccccc%11%10)cc9c78)n6)ccc5c4c3)c2)cc1. The van der Waals surface area contributed by atoms with Gasteiger partial charge in [0.2, 0.25) is 0 Å². The number of furan rings is 2. The Morgan fingerprint density at radius 3 is 1.65 bits per heavy atom. The average Bonchev–Trinajstić information content (AvgIpc) is 4.03. The summed E-state index contributed by atoms with van der Waals surface area (Å²) in [5.74, 6) is 1.69. The summed E-state index contributed by atoms with van der Waals surface area (Å²) in [5.41, 5.74) is 13.7. The quantitative estimate of drug-likeness (QED) is 0.167. The molecule has 0 radical (unpaired) electrons. The van der Waals surface area contributed by atoms with E-state index >= 15 is 0 Å². The van der Waals surface area contributed by atoms with Gasteiger partial charge in [0, 0.05) is 54.7 Å². The molecular weight excluding hydrogens is 773 g/mol. The molecule has 0 unspecified atom stereocenters. The van der Waals surface area contributed by atoms with Gasteiger partial charge in [-0.15, -0.1) is 0 Å². The lowest BCUT2D eigenvalue weighted by Crippen LogP contribution is -2.00. The molecule has 0 aliphatic carbocycles. The molecular formula is C57H34N4O2. The third-order valence-corrected chi connectivity index (χ3v) is 12.3. The van der Waals surface area contributed by atoms with Crippen molar-refractivity contribution in [2.75, 3.05) is 0 Å². The normalized spacial score (nSPS) is 11.8. The predicted molar refractivity (Wildman–Crippen MR) is 256 cm³/mol. The topological polar surface area (TPSA) is 69.9 Å². The van der Waals surface area contributed by atoms with Gasteiger partial charge in [-0.05, 0) is 89.0 Å². The molecule has 0 atom stereocenters. The molecule has 0 saturated carbocycles. The molecule has 294 valence electrons. The largest absolute Gasteiger partial charge is 0.456 e. The van der Waals surface area contributed by atoms with Crippen LogP contribution < -0.4 is 0 Å². The zero-order chi connectivity index (χ0) is 41.4. The number of rotatable bonds is 6. The Morgan fingerprint density at radius 1 is 0.302 bits per heavy atom. The van der Waals surface area contributed by atoms with Crippen LogP contribution in [0, 0.1) is 0 Å². The molecule has 4 aromatic heterocycles. The van der Waals surface area contributed by atoms with Crippen LogP contribution >= 0.6 is 0 Å². The molecule has 0 fully saturated rings. The molecule has 63 heavy (non-hydrogen) atoms. The van der Waals surface area contributed by atoms with Gasteiger partial charge < -0.3 is 13.4 Å². The molecule has 0 aliphatic heterocycles. The van der Waals surface area contributed by atoms with Gasteiger partial charge >= 0.3 is 0 Å². The van der Waals surface area contributed by atoms with Crippen LogP contribution in [0.25, 0.3) is 128 Å². The first kappa shape index (κ1) is 35.2. The summed E-state index contributed by atoms with van der Waals surface area (Å²) < 4.78 is 15.4. The van der Waals surface area contributed by atoms with E-state index in [1.165, 1.54) is 21.9 Å². The molecule has 9 aromatic carbocycles. The van der Waals surface area contributed by atoms with E-state index < -0.39 is 0 Å². The molecule has 0 saturated heterocycles. The van der Waals surface area contributed by atoms with E-state index in [4.69, 9.17) is 23.8 Å². The van der Waals surface area contributed by atoms with Crippen molar-refractivity contribution in [2.24, 2.45) is 0 Å². The van der Waals surface area contributed by atoms with E-state index in [0.29, 0.717) is 17.5 Å². The lowest BCUT2D eigenvalue weighted by molar-refractivity contribution is 0.668. The molecule has 0 aliphatic rings. The van der Waals surface area contributed by atoms with Crippen LogP contribution in [0.2, 0.25) is 0 Å². The number of benzene rings is 9. The summed E-state index contributed by atoms with van der Waals surface area (Å²) in [6, 6.07) is 71.6. The Balaban J connectivity index is 0.951. The number of para-hydroxylation sites is 2. The van der Waals surface area contributed by atoms with Crippen molar-refractivity contribution in [1.82, 2.24) is 19.5 Å². The summed E-state index contributed by atoms with van der Waals surface area (Å²) in [7, 11) is 0. The van der Waals surface area contributed by atoms with Gasteiger partial charge in [-0.3, -0.25) is 0 Å². The zero-order valence-corrected chi connectivity index (χ0v) is 33.7. The van der Waals surface area contributed by atoms with Gasteiger partial charge in [0.15, 0.2) is 17.5 Å². The average molecular weight is 807 g/mol. The number of nitrogens with zero attached hydrogens (tertiary/aromatic N) is 4. The zero-order valence-electron chi connectivity index (χ0n) is 33.7. The Labute approximate surface area is 361 Å². The highest BCUT2D eigenvalue weighted by atomic mass is 16.3. The number of hydrogen-bond donors (Lipinski definition) is 0. The summed E-state index contributed by atoms with van der Waals surface area (Å²) >= 11 is 0. The second kappa shape index (κ2) is 14.0. The maximum absolute atomic E-state index is 6.54. The highest BCUT2D eigenvalue weighted by Gasteiger charge is 2.20. The van der Waals surface area contributed by atoms with E-state index in [2.05, 4.69) is 156 Å². The molecule has 6 nitrogen and oxygen atoms in total. The van der Waals surface area contributed by atoms with Crippen LogP contribution in [0.3, 0.4) is 0 Å². The van der Waals surface area contributed by atoms with Gasteiger partial charge in [0.05, 0.1) is 11.0 Å². The monoisotopic (exact) mass is 806 g/mol. The first-order valence-corrected chi connectivity index (χ1v) is 21.1. The van der Waals surface area contributed by atoms with Gasteiger partial charge in [-0.25, -0.2) is 15.0 Å². The van der Waals surface area contributed by atoms with Crippen LogP contribution in [-0.2, 0) is 0 Å². The van der Waals surface area contributed by atoms with Crippen molar-refractivity contribution in [1.29, 1.82) is 0 Å². The fourth-order valence-corrected chi connectivity index (χ4v) is 9.29. The Morgan fingerprint density at radius 2 is 0.873 bits per heavy atom. The van der Waals surface area contributed by atoms with Crippen molar-refractivity contribution >= 4 is 65.7 Å². The molecule has 0 spiro atoms. The second-order valence-corrected chi connectivity index (χ2v) is 16.0. The van der Waals surface area contributed by atoms with Crippen LogP contribution in [0.15, 0.2) is 215 Å². The molecule has 13 aromatic rings. The van der Waals surface area contributed by atoms with Crippen molar-refractivity contribution in [3.05, 3.63) is 206 Å².